The van der Waals surface area contributed by atoms with Gasteiger partial charge >= 0.3 is 0 Å². The van der Waals surface area contributed by atoms with Crippen LogP contribution < -0.4 is 15.4 Å². The molecule has 22 heavy (non-hydrogen) atoms. The smallest absolute Gasteiger partial charge is 0.148 e. The molecule has 5 heteroatoms. The van der Waals surface area contributed by atoms with Crippen LogP contribution in [0.25, 0.3) is 11.3 Å². The molecule has 1 aliphatic heterocycles. The fourth-order valence-corrected chi connectivity index (χ4v) is 2.49. The monoisotopic (exact) mass is 298 g/mol. The van der Waals surface area contributed by atoms with E-state index in [4.69, 9.17) is 4.74 Å². The minimum Gasteiger partial charge on any atom is -0.494 e. The van der Waals surface area contributed by atoms with Crippen LogP contribution in [0.3, 0.4) is 0 Å². The average molecular weight is 298 g/mol. The molecule has 1 aromatic heterocycles. The quantitative estimate of drug-likeness (QED) is 0.858. The van der Waals surface area contributed by atoms with Gasteiger partial charge in [0.1, 0.15) is 11.6 Å². The third kappa shape index (κ3) is 3.74. The van der Waals surface area contributed by atoms with Gasteiger partial charge in [0, 0.05) is 18.2 Å². The van der Waals surface area contributed by atoms with Crippen LogP contribution in [0.15, 0.2) is 36.4 Å². The third-order valence-corrected chi connectivity index (χ3v) is 3.70. The Morgan fingerprint density at radius 3 is 2.68 bits per heavy atom. The van der Waals surface area contributed by atoms with Gasteiger partial charge in [0.05, 0.1) is 12.3 Å². The highest BCUT2D eigenvalue weighted by atomic mass is 16.5. The summed E-state index contributed by atoms with van der Waals surface area (Å²) < 4.78 is 5.59. The lowest BCUT2D eigenvalue weighted by Gasteiger charge is -2.11. The summed E-state index contributed by atoms with van der Waals surface area (Å²) in [6.07, 6.45) is 2.14. The molecule has 116 valence electrons. The van der Waals surface area contributed by atoms with E-state index < -0.39 is 0 Å². The van der Waals surface area contributed by atoms with E-state index in [-0.39, 0.29) is 0 Å². The van der Waals surface area contributed by atoms with Crippen LogP contribution in [0, 0.1) is 0 Å². The summed E-state index contributed by atoms with van der Waals surface area (Å²) in [7, 11) is 0. The first kappa shape index (κ1) is 14.8. The molecule has 1 atom stereocenters. The molecule has 0 aliphatic carbocycles. The number of rotatable bonds is 6. The second-order valence-corrected chi connectivity index (χ2v) is 5.51. The van der Waals surface area contributed by atoms with Gasteiger partial charge in [-0.05, 0) is 55.8 Å². The maximum Gasteiger partial charge on any atom is 0.148 e. The number of aromatic nitrogens is 2. The highest BCUT2D eigenvalue weighted by Crippen LogP contribution is 2.21. The first-order valence-corrected chi connectivity index (χ1v) is 7.89. The second kappa shape index (κ2) is 7.22. The van der Waals surface area contributed by atoms with Gasteiger partial charge in [0.2, 0.25) is 0 Å². The van der Waals surface area contributed by atoms with Gasteiger partial charge in [0.15, 0.2) is 0 Å². The van der Waals surface area contributed by atoms with Crippen molar-refractivity contribution in [1.29, 1.82) is 0 Å². The molecule has 1 unspecified atom stereocenters. The lowest BCUT2D eigenvalue weighted by atomic mass is 10.1. The van der Waals surface area contributed by atoms with Gasteiger partial charge in [-0.2, -0.15) is 0 Å². The second-order valence-electron chi connectivity index (χ2n) is 5.51. The van der Waals surface area contributed by atoms with Gasteiger partial charge in [-0.25, -0.2) is 0 Å². The van der Waals surface area contributed by atoms with Crippen LogP contribution in [0.2, 0.25) is 0 Å². The molecule has 0 saturated carbocycles. The summed E-state index contributed by atoms with van der Waals surface area (Å²) in [5.41, 5.74) is 1.92. The number of nitrogens with one attached hydrogen (secondary N) is 2. The molecule has 1 aromatic carbocycles. The van der Waals surface area contributed by atoms with Gasteiger partial charge < -0.3 is 15.4 Å². The summed E-state index contributed by atoms with van der Waals surface area (Å²) in [6.45, 7) is 4.90. The standard InChI is InChI=1S/C17H22N4O/c1-2-11-22-15-5-3-13(4-6-15)16-7-8-17(21-20-16)19-14-9-10-18-12-14/h3-8,14,18H,2,9-12H2,1H3,(H,19,21). The predicted octanol–water partition coefficient (Wildman–Crippen LogP) is 2.71. The van der Waals surface area contributed by atoms with E-state index in [0.29, 0.717) is 6.04 Å². The molecular weight excluding hydrogens is 276 g/mol. The molecular formula is C17H22N4O. The molecule has 0 spiro atoms. The van der Waals surface area contributed by atoms with Gasteiger partial charge in [-0.3, -0.25) is 0 Å². The summed E-state index contributed by atoms with van der Waals surface area (Å²) in [5.74, 6) is 1.73. The topological polar surface area (TPSA) is 59.1 Å². The molecule has 2 aromatic rings. The number of benzene rings is 1. The minimum atomic E-state index is 0.454. The minimum absolute atomic E-state index is 0.454. The lowest BCUT2D eigenvalue weighted by Crippen LogP contribution is -2.22. The maximum absolute atomic E-state index is 5.59. The summed E-state index contributed by atoms with van der Waals surface area (Å²) in [5, 5.41) is 15.3. The molecule has 1 fully saturated rings. The summed E-state index contributed by atoms with van der Waals surface area (Å²) >= 11 is 0. The molecule has 1 saturated heterocycles. The SMILES string of the molecule is CCCOc1ccc(-c2ccc(NC3CCNC3)nn2)cc1. The van der Waals surface area contributed by atoms with E-state index in [0.717, 1.165) is 55.4 Å². The van der Waals surface area contributed by atoms with Crippen molar-refractivity contribution in [3.8, 4) is 17.0 Å². The molecule has 1 aliphatic rings. The van der Waals surface area contributed by atoms with Crippen LogP contribution in [-0.4, -0.2) is 35.9 Å². The molecule has 3 rings (SSSR count). The van der Waals surface area contributed by atoms with Crippen molar-refractivity contribution in [2.75, 3.05) is 25.0 Å². The van der Waals surface area contributed by atoms with E-state index in [9.17, 15) is 0 Å². The zero-order valence-corrected chi connectivity index (χ0v) is 12.9. The van der Waals surface area contributed by atoms with E-state index >= 15 is 0 Å². The Labute approximate surface area is 131 Å². The number of anilines is 1. The Hall–Kier alpha value is -2.14. The fourth-order valence-electron chi connectivity index (χ4n) is 2.49. The van der Waals surface area contributed by atoms with Crippen molar-refractivity contribution in [1.82, 2.24) is 15.5 Å². The average Bonchev–Trinajstić information content (AvgIpc) is 3.07. The predicted molar refractivity (Wildman–Crippen MR) is 88.2 cm³/mol. The Morgan fingerprint density at radius 2 is 2.05 bits per heavy atom. The number of ether oxygens (including phenoxy) is 1. The first-order valence-electron chi connectivity index (χ1n) is 7.89. The Kier molecular flexibility index (Phi) is 4.85. The van der Waals surface area contributed by atoms with Crippen LogP contribution in [0.4, 0.5) is 5.82 Å². The zero-order chi connectivity index (χ0) is 15.2. The van der Waals surface area contributed by atoms with Crippen LogP contribution in [-0.2, 0) is 0 Å². The van der Waals surface area contributed by atoms with Crippen LogP contribution in [0.5, 0.6) is 5.75 Å². The van der Waals surface area contributed by atoms with Crippen LogP contribution in [0.1, 0.15) is 19.8 Å². The van der Waals surface area contributed by atoms with Crippen molar-refractivity contribution >= 4 is 5.82 Å². The Bertz CT molecular complexity index is 577. The fraction of sp³-hybridized carbons (Fsp3) is 0.412. The van der Waals surface area contributed by atoms with Gasteiger partial charge in [0.25, 0.3) is 0 Å². The van der Waals surface area contributed by atoms with Crippen LogP contribution >= 0.6 is 0 Å². The lowest BCUT2D eigenvalue weighted by molar-refractivity contribution is 0.317. The van der Waals surface area contributed by atoms with E-state index in [1.54, 1.807) is 0 Å². The Balaban J connectivity index is 1.64. The van der Waals surface area contributed by atoms with E-state index in [2.05, 4.69) is 27.8 Å². The maximum atomic E-state index is 5.59. The van der Waals surface area contributed by atoms with Crippen molar-refractivity contribution < 1.29 is 4.74 Å². The van der Waals surface area contributed by atoms with E-state index in [1.165, 1.54) is 0 Å². The molecule has 0 radical (unpaired) electrons. The van der Waals surface area contributed by atoms with E-state index in [1.807, 2.05) is 36.4 Å². The Morgan fingerprint density at radius 1 is 1.18 bits per heavy atom. The highest BCUT2D eigenvalue weighted by Gasteiger charge is 2.14. The number of hydrogen-bond acceptors (Lipinski definition) is 5. The van der Waals surface area contributed by atoms with Gasteiger partial charge in [-0.1, -0.05) is 6.92 Å². The van der Waals surface area contributed by atoms with Crippen molar-refractivity contribution in [2.24, 2.45) is 0 Å². The summed E-state index contributed by atoms with van der Waals surface area (Å²) in [6, 6.07) is 12.4. The largest absolute Gasteiger partial charge is 0.494 e. The summed E-state index contributed by atoms with van der Waals surface area (Å²) in [4.78, 5) is 0. The third-order valence-electron chi connectivity index (χ3n) is 3.70. The van der Waals surface area contributed by atoms with Gasteiger partial charge in [-0.15, -0.1) is 10.2 Å². The zero-order valence-electron chi connectivity index (χ0n) is 12.9. The van der Waals surface area contributed by atoms with Crippen molar-refractivity contribution in [3.63, 3.8) is 0 Å². The molecule has 5 nitrogen and oxygen atoms in total. The molecule has 0 bridgehead atoms. The molecule has 0 amide bonds. The van der Waals surface area contributed by atoms with Crippen molar-refractivity contribution in [3.05, 3.63) is 36.4 Å². The van der Waals surface area contributed by atoms with Crippen molar-refractivity contribution in [2.45, 2.75) is 25.8 Å². The molecule has 2 N–H and O–H groups in total. The number of hydrogen-bond donors (Lipinski definition) is 2. The number of nitrogens with zero attached hydrogens (tertiary/aromatic N) is 2. The first-order chi connectivity index (χ1) is 10.8. The normalized spacial score (nSPS) is 17.4. The molecule has 2 heterocycles. The highest BCUT2D eigenvalue weighted by molar-refractivity contribution is 5.60.